The molecule has 0 aliphatic carbocycles. The van der Waals surface area contributed by atoms with Crippen LogP contribution in [0.25, 0.3) is 32.6 Å². The van der Waals surface area contributed by atoms with Gasteiger partial charge < -0.3 is 20.5 Å². The highest BCUT2D eigenvalue weighted by Crippen LogP contribution is 2.42. The van der Waals surface area contributed by atoms with E-state index in [-0.39, 0.29) is 5.91 Å². The number of nitrogen functional groups attached to an aromatic ring is 1. The number of nitrogens with one attached hydrogen (secondary N) is 1. The van der Waals surface area contributed by atoms with Crippen LogP contribution in [-0.4, -0.2) is 25.1 Å². The Morgan fingerprint density at radius 1 is 0.886 bits per heavy atom. The molecule has 7 heteroatoms. The van der Waals surface area contributed by atoms with Crippen LogP contribution in [0.2, 0.25) is 0 Å². The number of thiophene rings is 1. The number of methoxy groups -OCH3 is 2. The Kier molecular flexibility index (Phi) is 6.08. The van der Waals surface area contributed by atoms with Gasteiger partial charge in [-0.2, -0.15) is 0 Å². The summed E-state index contributed by atoms with van der Waals surface area (Å²) in [6.07, 6.45) is 0. The number of nitrogens with zero attached hydrogens (tertiary/aromatic N) is 1. The molecule has 2 heterocycles. The van der Waals surface area contributed by atoms with Crippen molar-refractivity contribution in [1.82, 2.24) is 4.98 Å². The Hall–Kier alpha value is -4.36. The van der Waals surface area contributed by atoms with Gasteiger partial charge in [-0.15, -0.1) is 11.3 Å². The number of carbonyl (C=O) groups excluding carboxylic acids is 1. The maximum atomic E-state index is 13.3. The second-order valence-electron chi connectivity index (χ2n) is 7.83. The van der Waals surface area contributed by atoms with Crippen molar-refractivity contribution in [2.45, 2.75) is 0 Å². The van der Waals surface area contributed by atoms with E-state index in [2.05, 4.69) is 5.32 Å². The summed E-state index contributed by atoms with van der Waals surface area (Å²) in [4.78, 5) is 19.3. The van der Waals surface area contributed by atoms with Crippen LogP contribution in [-0.2, 0) is 0 Å². The molecule has 3 N–H and O–H groups in total. The fourth-order valence-electron chi connectivity index (χ4n) is 3.97. The molecule has 6 nitrogen and oxygen atoms in total. The quantitative estimate of drug-likeness (QED) is 0.290. The molecule has 2 aromatic heterocycles. The predicted molar refractivity (Wildman–Crippen MR) is 142 cm³/mol. The maximum Gasteiger partial charge on any atom is 0.268 e. The lowest BCUT2D eigenvalue weighted by Gasteiger charge is -2.10. The lowest BCUT2D eigenvalue weighted by Crippen LogP contribution is -2.12. The summed E-state index contributed by atoms with van der Waals surface area (Å²) >= 11 is 1.28. The van der Waals surface area contributed by atoms with Gasteiger partial charge in [0.25, 0.3) is 5.91 Å². The highest BCUT2D eigenvalue weighted by atomic mass is 32.1. The highest BCUT2D eigenvalue weighted by Gasteiger charge is 2.22. The Morgan fingerprint density at radius 3 is 2.31 bits per heavy atom. The molecule has 3 aromatic carbocycles. The average Bonchev–Trinajstić information content (AvgIpc) is 3.25. The third-order valence-electron chi connectivity index (χ3n) is 5.73. The Bertz CT molecular complexity index is 1510. The summed E-state index contributed by atoms with van der Waals surface area (Å²) in [6, 6.07) is 27.0. The molecule has 5 aromatic rings. The van der Waals surface area contributed by atoms with Crippen LogP contribution in [0.5, 0.6) is 11.5 Å². The number of aromatic nitrogens is 1. The molecule has 5 rings (SSSR count). The van der Waals surface area contributed by atoms with Crippen molar-refractivity contribution in [3.8, 4) is 33.9 Å². The largest absolute Gasteiger partial charge is 0.497 e. The zero-order valence-corrected chi connectivity index (χ0v) is 20.1. The molecule has 0 saturated carbocycles. The van der Waals surface area contributed by atoms with Crippen LogP contribution >= 0.6 is 11.3 Å². The maximum absolute atomic E-state index is 13.3. The van der Waals surface area contributed by atoms with E-state index in [0.717, 1.165) is 33.5 Å². The summed E-state index contributed by atoms with van der Waals surface area (Å²) in [5.74, 6) is 1.04. The monoisotopic (exact) mass is 481 g/mol. The highest BCUT2D eigenvalue weighted by molar-refractivity contribution is 7.21. The van der Waals surface area contributed by atoms with Gasteiger partial charge in [0.1, 0.15) is 21.2 Å². The second-order valence-corrected chi connectivity index (χ2v) is 8.83. The second kappa shape index (κ2) is 9.48. The lowest BCUT2D eigenvalue weighted by molar-refractivity contribution is 0.103. The molecule has 0 radical (unpaired) electrons. The molecule has 0 aliphatic rings. The minimum absolute atomic E-state index is 0.306. The van der Waals surface area contributed by atoms with E-state index in [1.54, 1.807) is 26.4 Å². The van der Waals surface area contributed by atoms with E-state index < -0.39 is 0 Å². The van der Waals surface area contributed by atoms with Crippen LogP contribution in [0.1, 0.15) is 9.67 Å². The van der Waals surface area contributed by atoms with Crippen LogP contribution < -0.4 is 20.5 Å². The van der Waals surface area contributed by atoms with Gasteiger partial charge in [-0.3, -0.25) is 4.79 Å². The standard InChI is InChI=1S/C28H23N3O3S/c1-33-19-14-12-18(13-15-19)22-16-20(17-8-4-3-5-9-17)24-25(29)26(35-28(24)31-22)27(32)30-21-10-6-7-11-23(21)34-2/h3-16H,29H2,1-2H3,(H,30,32). The van der Waals surface area contributed by atoms with Crippen molar-refractivity contribution in [2.75, 3.05) is 25.3 Å². The number of amides is 1. The summed E-state index contributed by atoms with van der Waals surface area (Å²) in [6.45, 7) is 0. The normalized spacial score (nSPS) is 10.8. The molecule has 0 aliphatic heterocycles. The van der Waals surface area contributed by atoms with Gasteiger partial charge in [0.2, 0.25) is 0 Å². The molecule has 1 amide bonds. The van der Waals surface area contributed by atoms with Gasteiger partial charge in [-0.05, 0) is 53.6 Å². The number of nitrogens with two attached hydrogens (primary N) is 1. The average molecular weight is 482 g/mol. The van der Waals surface area contributed by atoms with Crippen molar-refractivity contribution >= 4 is 38.8 Å². The number of benzene rings is 3. The first-order chi connectivity index (χ1) is 17.1. The molecule has 174 valence electrons. The Labute approximate surface area is 207 Å². The van der Waals surface area contributed by atoms with Crippen molar-refractivity contribution in [3.63, 3.8) is 0 Å². The SMILES string of the molecule is COc1ccc(-c2cc(-c3ccccc3)c3c(N)c(C(=O)Nc4ccccc4OC)sc3n2)cc1. The van der Waals surface area contributed by atoms with Gasteiger partial charge in [0.05, 0.1) is 31.3 Å². The number of carbonyl (C=O) groups is 1. The van der Waals surface area contributed by atoms with Gasteiger partial charge in [0, 0.05) is 10.9 Å². The molecule has 0 spiro atoms. The van der Waals surface area contributed by atoms with E-state index in [9.17, 15) is 4.79 Å². The third kappa shape index (κ3) is 4.29. The summed E-state index contributed by atoms with van der Waals surface area (Å²) in [5.41, 5.74) is 11.2. The zero-order chi connectivity index (χ0) is 24.4. The van der Waals surface area contributed by atoms with Crippen LogP contribution in [0.3, 0.4) is 0 Å². The van der Waals surface area contributed by atoms with E-state index in [1.165, 1.54) is 11.3 Å². The molecule has 0 fully saturated rings. The number of anilines is 2. The summed E-state index contributed by atoms with van der Waals surface area (Å²) < 4.78 is 10.7. The molecular formula is C28H23N3O3S. The molecule has 0 atom stereocenters. The first-order valence-electron chi connectivity index (χ1n) is 11.0. The topological polar surface area (TPSA) is 86.5 Å². The predicted octanol–water partition coefficient (Wildman–Crippen LogP) is 6.48. The molecule has 0 unspecified atom stereocenters. The Morgan fingerprint density at radius 2 is 1.60 bits per heavy atom. The summed E-state index contributed by atoms with van der Waals surface area (Å²) in [7, 11) is 3.20. The van der Waals surface area contributed by atoms with Crippen LogP contribution in [0.15, 0.2) is 84.9 Å². The van der Waals surface area contributed by atoms with E-state index >= 15 is 0 Å². The lowest BCUT2D eigenvalue weighted by atomic mass is 9.99. The van der Waals surface area contributed by atoms with Crippen molar-refractivity contribution < 1.29 is 14.3 Å². The fourth-order valence-corrected chi connectivity index (χ4v) is 4.99. The first kappa shape index (κ1) is 22.4. The smallest absolute Gasteiger partial charge is 0.268 e. The number of rotatable bonds is 6. The van der Waals surface area contributed by atoms with Crippen LogP contribution in [0.4, 0.5) is 11.4 Å². The molecule has 35 heavy (non-hydrogen) atoms. The van der Waals surface area contributed by atoms with Crippen molar-refractivity contribution in [1.29, 1.82) is 0 Å². The Balaban J connectivity index is 1.65. The number of ether oxygens (including phenoxy) is 2. The molecule has 0 bridgehead atoms. The van der Waals surface area contributed by atoms with Gasteiger partial charge in [-0.1, -0.05) is 42.5 Å². The summed E-state index contributed by atoms with van der Waals surface area (Å²) in [5, 5.41) is 3.69. The number of hydrogen-bond donors (Lipinski definition) is 2. The minimum atomic E-state index is -0.306. The van der Waals surface area contributed by atoms with E-state index in [1.807, 2.05) is 72.8 Å². The number of hydrogen-bond acceptors (Lipinski definition) is 6. The molecule has 0 saturated heterocycles. The van der Waals surface area contributed by atoms with Gasteiger partial charge in [0.15, 0.2) is 0 Å². The first-order valence-corrected chi connectivity index (χ1v) is 11.8. The van der Waals surface area contributed by atoms with E-state index in [0.29, 0.717) is 26.8 Å². The minimum Gasteiger partial charge on any atom is -0.497 e. The number of fused-ring (bicyclic) bond motifs is 1. The number of pyridine rings is 1. The fraction of sp³-hybridized carbons (Fsp3) is 0.0714. The van der Waals surface area contributed by atoms with Crippen LogP contribution in [0, 0.1) is 0 Å². The third-order valence-corrected chi connectivity index (χ3v) is 6.83. The number of para-hydroxylation sites is 2. The van der Waals surface area contributed by atoms with Crippen molar-refractivity contribution in [2.24, 2.45) is 0 Å². The van der Waals surface area contributed by atoms with Gasteiger partial charge in [-0.25, -0.2) is 4.98 Å². The molecular weight excluding hydrogens is 458 g/mol. The van der Waals surface area contributed by atoms with Crippen molar-refractivity contribution in [3.05, 3.63) is 89.8 Å². The zero-order valence-electron chi connectivity index (χ0n) is 19.2. The van der Waals surface area contributed by atoms with E-state index in [4.69, 9.17) is 20.2 Å². The van der Waals surface area contributed by atoms with Gasteiger partial charge >= 0.3 is 0 Å².